The van der Waals surface area contributed by atoms with Crippen molar-refractivity contribution in [3.63, 3.8) is 0 Å². The van der Waals surface area contributed by atoms with Gasteiger partial charge in [-0.25, -0.2) is 4.79 Å². The van der Waals surface area contributed by atoms with E-state index in [4.69, 9.17) is 9.47 Å². The van der Waals surface area contributed by atoms with E-state index in [1.165, 1.54) is 0 Å². The van der Waals surface area contributed by atoms with E-state index < -0.39 is 5.97 Å². The largest absolute Gasteiger partial charge is 0.493 e. The second kappa shape index (κ2) is 6.65. The van der Waals surface area contributed by atoms with Gasteiger partial charge in [0.25, 0.3) is 0 Å². The molecule has 0 spiro atoms. The van der Waals surface area contributed by atoms with Crippen molar-refractivity contribution < 1.29 is 14.3 Å². The van der Waals surface area contributed by atoms with Crippen LogP contribution in [0.25, 0.3) is 0 Å². The molecule has 0 fully saturated rings. The normalized spacial score (nSPS) is 11.1. The number of hydrogen-bond acceptors (Lipinski definition) is 3. The van der Waals surface area contributed by atoms with E-state index >= 15 is 0 Å². The van der Waals surface area contributed by atoms with Gasteiger partial charge in [-0.3, -0.25) is 0 Å². The lowest BCUT2D eigenvalue weighted by Gasteiger charge is -2.21. The van der Waals surface area contributed by atoms with Crippen molar-refractivity contribution in [1.29, 1.82) is 0 Å². The molecule has 2 aromatic rings. The van der Waals surface area contributed by atoms with E-state index in [9.17, 15) is 4.79 Å². The molecule has 0 atom stereocenters. The fourth-order valence-electron chi connectivity index (χ4n) is 2.08. The maximum Gasteiger partial charge on any atom is 0.347 e. The Morgan fingerprint density at radius 3 is 2.32 bits per heavy atom. The Labute approximate surface area is 131 Å². The van der Waals surface area contributed by atoms with Gasteiger partial charge in [0.05, 0.1) is 6.61 Å². The highest BCUT2D eigenvalue weighted by Crippen LogP contribution is 2.29. The van der Waals surface area contributed by atoms with Gasteiger partial charge < -0.3 is 9.47 Å². The van der Waals surface area contributed by atoms with Gasteiger partial charge in [0.2, 0.25) is 0 Å². The van der Waals surface area contributed by atoms with Gasteiger partial charge in [-0.05, 0) is 42.2 Å². The third-order valence-corrected chi connectivity index (χ3v) is 3.32. The Morgan fingerprint density at radius 2 is 1.73 bits per heavy atom. The first-order valence-corrected chi connectivity index (χ1v) is 7.46. The van der Waals surface area contributed by atoms with Crippen LogP contribution in [0.4, 0.5) is 0 Å². The Hall–Kier alpha value is -2.29. The fraction of sp³-hybridized carbons (Fsp3) is 0.316. The molecule has 0 heterocycles. The number of esters is 1. The van der Waals surface area contributed by atoms with E-state index in [-0.39, 0.29) is 5.41 Å². The molecule has 0 N–H and O–H groups in total. The Morgan fingerprint density at radius 1 is 1.05 bits per heavy atom. The third-order valence-electron chi connectivity index (χ3n) is 3.32. The maximum absolute atomic E-state index is 12.4. The Kier molecular flexibility index (Phi) is 4.86. The molecule has 3 heteroatoms. The predicted octanol–water partition coefficient (Wildman–Crippen LogP) is 4.60. The number of carbonyl (C=O) groups excluding carboxylic acids is 1. The molecular formula is C19H22O3. The van der Waals surface area contributed by atoms with Gasteiger partial charge in [0.1, 0.15) is 17.1 Å². The van der Waals surface area contributed by atoms with Gasteiger partial charge in [-0.1, -0.05) is 45.0 Å². The SMILES string of the molecule is CCOc1cc(C(C)(C)C)ccc1C(=O)Oc1ccccc1. The smallest absolute Gasteiger partial charge is 0.347 e. The van der Waals surface area contributed by atoms with Crippen molar-refractivity contribution in [1.82, 2.24) is 0 Å². The molecule has 0 radical (unpaired) electrons. The summed E-state index contributed by atoms with van der Waals surface area (Å²) in [6.07, 6.45) is 0. The first-order chi connectivity index (χ1) is 10.4. The van der Waals surface area contributed by atoms with Crippen LogP contribution in [0.15, 0.2) is 48.5 Å². The Bertz CT molecular complexity index is 639. The van der Waals surface area contributed by atoms with E-state index in [0.29, 0.717) is 23.7 Å². The van der Waals surface area contributed by atoms with Crippen LogP contribution in [0.5, 0.6) is 11.5 Å². The summed E-state index contributed by atoms with van der Waals surface area (Å²) in [6.45, 7) is 8.77. The summed E-state index contributed by atoms with van der Waals surface area (Å²) < 4.78 is 11.0. The molecule has 0 saturated carbocycles. The number of ether oxygens (including phenoxy) is 2. The number of rotatable bonds is 4. The van der Waals surface area contributed by atoms with Gasteiger partial charge in [-0.2, -0.15) is 0 Å². The zero-order chi connectivity index (χ0) is 16.2. The summed E-state index contributed by atoms with van der Waals surface area (Å²) in [5.41, 5.74) is 1.55. The summed E-state index contributed by atoms with van der Waals surface area (Å²) in [4.78, 5) is 12.4. The highest BCUT2D eigenvalue weighted by Gasteiger charge is 2.20. The fourth-order valence-corrected chi connectivity index (χ4v) is 2.08. The average molecular weight is 298 g/mol. The number of para-hydroxylation sites is 1. The molecular weight excluding hydrogens is 276 g/mol. The van der Waals surface area contributed by atoms with Crippen molar-refractivity contribution >= 4 is 5.97 Å². The molecule has 0 unspecified atom stereocenters. The van der Waals surface area contributed by atoms with Crippen LogP contribution in [0.1, 0.15) is 43.6 Å². The maximum atomic E-state index is 12.4. The lowest BCUT2D eigenvalue weighted by molar-refractivity contribution is 0.0730. The molecule has 2 rings (SSSR count). The second-order valence-electron chi connectivity index (χ2n) is 6.10. The molecule has 116 valence electrons. The summed E-state index contributed by atoms with van der Waals surface area (Å²) in [6, 6.07) is 14.7. The summed E-state index contributed by atoms with van der Waals surface area (Å²) in [7, 11) is 0. The zero-order valence-electron chi connectivity index (χ0n) is 13.6. The van der Waals surface area contributed by atoms with E-state index in [1.807, 2.05) is 37.3 Å². The van der Waals surface area contributed by atoms with Gasteiger partial charge in [-0.15, -0.1) is 0 Å². The molecule has 3 nitrogen and oxygen atoms in total. The van der Waals surface area contributed by atoms with E-state index in [0.717, 1.165) is 5.56 Å². The minimum absolute atomic E-state index is 0.00623. The molecule has 0 aliphatic heterocycles. The van der Waals surface area contributed by atoms with Crippen molar-refractivity contribution in [2.45, 2.75) is 33.1 Å². The Balaban J connectivity index is 2.31. The number of carbonyl (C=O) groups is 1. The summed E-state index contributed by atoms with van der Waals surface area (Å²) >= 11 is 0. The van der Waals surface area contributed by atoms with Gasteiger partial charge >= 0.3 is 5.97 Å². The minimum atomic E-state index is -0.407. The average Bonchev–Trinajstić information content (AvgIpc) is 2.47. The van der Waals surface area contributed by atoms with Crippen LogP contribution < -0.4 is 9.47 Å². The molecule has 0 aliphatic carbocycles. The molecule has 0 bridgehead atoms. The van der Waals surface area contributed by atoms with Crippen LogP contribution in [-0.4, -0.2) is 12.6 Å². The second-order valence-corrected chi connectivity index (χ2v) is 6.10. The third kappa shape index (κ3) is 3.88. The molecule has 22 heavy (non-hydrogen) atoms. The first-order valence-electron chi connectivity index (χ1n) is 7.46. The van der Waals surface area contributed by atoms with Crippen LogP contribution in [0.2, 0.25) is 0 Å². The molecule has 0 amide bonds. The highest BCUT2D eigenvalue weighted by atomic mass is 16.5. The lowest BCUT2D eigenvalue weighted by Crippen LogP contribution is -2.15. The lowest BCUT2D eigenvalue weighted by atomic mass is 9.86. The molecule has 2 aromatic carbocycles. The number of benzene rings is 2. The van der Waals surface area contributed by atoms with Crippen LogP contribution in [0, 0.1) is 0 Å². The summed E-state index contributed by atoms with van der Waals surface area (Å²) in [5.74, 6) is 0.681. The topological polar surface area (TPSA) is 35.5 Å². The van der Waals surface area contributed by atoms with Crippen molar-refractivity contribution in [2.75, 3.05) is 6.61 Å². The van der Waals surface area contributed by atoms with Crippen molar-refractivity contribution in [3.05, 3.63) is 59.7 Å². The number of hydrogen-bond donors (Lipinski definition) is 0. The molecule has 0 aliphatic rings. The molecule has 0 aromatic heterocycles. The van der Waals surface area contributed by atoms with Crippen LogP contribution >= 0.6 is 0 Å². The predicted molar refractivity (Wildman–Crippen MR) is 87.7 cm³/mol. The van der Waals surface area contributed by atoms with Crippen LogP contribution in [0.3, 0.4) is 0 Å². The first kappa shape index (κ1) is 16.1. The van der Waals surface area contributed by atoms with Crippen molar-refractivity contribution in [2.24, 2.45) is 0 Å². The standard InChI is InChI=1S/C19H22O3/c1-5-21-17-13-14(19(2,3)4)11-12-16(17)18(20)22-15-9-7-6-8-10-15/h6-13H,5H2,1-4H3. The highest BCUT2D eigenvalue weighted by molar-refractivity contribution is 5.94. The van der Waals surface area contributed by atoms with Gasteiger partial charge in [0.15, 0.2) is 0 Å². The summed E-state index contributed by atoms with van der Waals surface area (Å²) in [5, 5.41) is 0. The van der Waals surface area contributed by atoms with Crippen LogP contribution in [-0.2, 0) is 5.41 Å². The van der Waals surface area contributed by atoms with E-state index in [2.05, 4.69) is 20.8 Å². The van der Waals surface area contributed by atoms with Gasteiger partial charge in [0, 0.05) is 0 Å². The monoisotopic (exact) mass is 298 g/mol. The molecule has 0 saturated heterocycles. The van der Waals surface area contributed by atoms with E-state index in [1.54, 1.807) is 18.2 Å². The minimum Gasteiger partial charge on any atom is -0.493 e. The quantitative estimate of drug-likeness (QED) is 0.611. The zero-order valence-corrected chi connectivity index (χ0v) is 13.6. The van der Waals surface area contributed by atoms with Crippen molar-refractivity contribution in [3.8, 4) is 11.5 Å².